The molecule has 0 aliphatic rings. The Morgan fingerprint density at radius 1 is 1.24 bits per heavy atom. The predicted octanol–water partition coefficient (Wildman–Crippen LogP) is 0.870. The lowest BCUT2D eigenvalue weighted by molar-refractivity contribution is 0.416. The highest BCUT2D eigenvalue weighted by Crippen LogP contribution is 2.34. The van der Waals surface area contributed by atoms with Gasteiger partial charge in [-0.3, -0.25) is 13.9 Å². The zero-order chi connectivity index (χ0) is 12.7. The third-order valence-electron chi connectivity index (χ3n) is 2.84. The van der Waals surface area contributed by atoms with Crippen LogP contribution in [0.2, 0.25) is 0 Å². The molecule has 0 aromatic carbocycles. The van der Waals surface area contributed by atoms with E-state index in [-0.39, 0.29) is 11.2 Å². The number of aryl methyl sites for hydroxylation is 2. The number of fused-ring (bicyclic) bond motifs is 1. The lowest BCUT2D eigenvalue weighted by Crippen LogP contribution is -2.36. The molecule has 0 aliphatic heterocycles. The topological polar surface area (TPSA) is 53.2 Å². The molecule has 17 heavy (non-hydrogen) atoms. The third-order valence-corrected chi connectivity index (χ3v) is 4.23. The van der Waals surface area contributed by atoms with Crippen LogP contribution in [-0.4, -0.2) is 16.2 Å². The zero-order valence-corrected chi connectivity index (χ0v) is 11.1. The van der Waals surface area contributed by atoms with Gasteiger partial charge in [-0.05, 0) is 6.42 Å². The fourth-order valence-electron chi connectivity index (χ4n) is 1.89. The van der Waals surface area contributed by atoms with Gasteiger partial charge in [-0.15, -0.1) is 11.3 Å². The van der Waals surface area contributed by atoms with Gasteiger partial charge >= 0.3 is 5.69 Å². The number of aromatic nitrogens is 2. The van der Waals surface area contributed by atoms with E-state index in [1.807, 2.05) is 6.92 Å². The molecule has 92 valence electrons. The van der Waals surface area contributed by atoms with E-state index < -0.39 is 0 Å². The minimum atomic E-state index is -0.311. The van der Waals surface area contributed by atoms with Gasteiger partial charge in [0, 0.05) is 19.0 Å². The Bertz CT molecular complexity index is 693. The number of thiophene rings is 1. The molecular weight excluding hydrogens is 240 g/mol. The first-order chi connectivity index (χ1) is 8.02. The first-order valence-electron chi connectivity index (χ1n) is 5.28. The standard InChI is InChI=1S/C11H14N2O3S/c1-5-6-8(16-4)7-9(14)12(2)11(15)13(3)10(7)17-6/h5H2,1-4H3. The van der Waals surface area contributed by atoms with Gasteiger partial charge in [0.1, 0.15) is 16.0 Å². The van der Waals surface area contributed by atoms with Gasteiger partial charge in [-0.2, -0.15) is 0 Å². The quantitative estimate of drug-likeness (QED) is 0.799. The molecule has 0 aliphatic carbocycles. The number of nitrogens with zero attached hydrogens (tertiary/aromatic N) is 2. The van der Waals surface area contributed by atoms with Crippen molar-refractivity contribution in [2.75, 3.05) is 7.11 Å². The first kappa shape index (κ1) is 11.9. The summed E-state index contributed by atoms with van der Waals surface area (Å²) in [7, 11) is 4.69. The summed E-state index contributed by atoms with van der Waals surface area (Å²) in [6.45, 7) is 2.00. The van der Waals surface area contributed by atoms with Crippen molar-refractivity contribution < 1.29 is 4.74 Å². The summed E-state index contributed by atoms with van der Waals surface area (Å²) in [5.74, 6) is 0.601. The van der Waals surface area contributed by atoms with E-state index in [0.29, 0.717) is 16.0 Å². The second kappa shape index (κ2) is 4.03. The van der Waals surface area contributed by atoms with Gasteiger partial charge in [0.15, 0.2) is 0 Å². The van der Waals surface area contributed by atoms with Gasteiger partial charge in [0.05, 0.1) is 7.11 Å². The van der Waals surface area contributed by atoms with Crippen LogP contribution in [0.3, 0.4) is 0 Å². The molecular formula is C11H14N2O3S. The fourth-order valence-corrected chi connectivity index (χ4v) is 3.04. The monoisotopic (exact) mass is 254 g/mol. The minimum Gasteiger partial charge on any atom is -0.495 e. The van der Waals surface area contributed by atoms with Gasteiger partial charge < -0.3 is 4.74 Å². The van der Waals surface area contributed by atoms with Crippen LogP contribution in [0.15, 0.2) is 9.59 Å². The molecule has 2 heterocycles. The number of ether oxygens (including phenoxy) is 1. The molecule has 0 amide bonds. The van der Waals surface area contributed by atoms with Crippen LogP contribution in [0.25, 0.3) is 10.2 Å². The number of hydrogen-bond donors (Lipinski definition) is 0. The average molecular weight is 254 g/mol. The van der Waals surface area contributed by atoms with Crippen LogP contribution < -0.4 is 16.0 Å². The average Bonchev–Trinajstić information content (AvgIpc) is 2.72. The van der Waals surface area contributed by atoms with Gasteiger partial charge in [-0.25, -0.2) is 4.79 Å². The molecule has 0 radical (unpaired) electrons. The highest BCUT2D eigenvalue weighted by molar-refractivity contribution is 7.19. The summed E-state index contributed by atoms with van der Waals surface area (Å²) in [5, 5.41) is 0.499. The van der Waals surface area contributed by atoms with Crippen molar-refractivity contribution in [2.24, 2.45) is 14.1 Å². The van der Waals surface area contributed by atoms with Crippen LogP contribution in [-0.2, 0) is 20.5 Å². The Kier molecular flexibility index (Phi) is 2.82. The molecule has 0 saturated heterocycles. The van der Waals surface area contributed by atoms with Crippen molar-refractivity contribution in [3.63, 3.8) is 0 Å². The number of rotatable bonds is 2. The normalized spacial score (nSPS) is 11.1. The highest BCUT2D eigenvalue weighted by atomic mass is 32.1. The first-order valence-corrected chi connectivity index (χ1v) is 6.09. The second-order valence-electron chi connectivity index (χ2n) is 3.80. The van der Waals surface area contributed by atoms with Crippen molar-refractivity contribution in [2.45, 2.75) is 13.3 Å². The van der Waals surface area contributed by atoms with Crippen molar-refractivity contribution in [3.8, 4) is 5.75 Å². The summed E-state index contributed by atoms with van der Waals surface area (Å²) in [5.41, 5.74) is -0.607. The van der Waals surface area contributed by atoms with E-state index in [9.17, 15) is 9.59 Å². The summed E-state index contributed by atoms with van der Waals surface area (Å²) in [6.07, 6.45) is 0.778. The fraction of sp³-hybridized carbons (Fsp3) is 0.455. The maximum atomic E-state index is 12.1. The van der Waals surface area contributed by atoms with Crippen LogP contribution in [0, 0.1) is 0 Å². The predicted molar refractivity (Wildman–Crippen MR) is 68.2 cm³/mol. The van der Waals surface area contributed by atoms with E-state index in [1.54, 1.807) is 14.2 Å². The summed E-state index contributed by atoms with van der Waals surface area (Å²) < 4.78 is 7.90. The van der Waals surface area contributed by atoms with Crippen molar-refractivity contribution in [1.82, 2.24) is 9.13 Å². The van der Waals surface area contributed by atoms with Crippen molar-refractivity contribution in [1.29, 1.82) is 0 Å². The molecule has 0 atom stereocenters. The van der Waals surface area contributed by atoms with Crippen molar-refractivity contribution in [3.05, 3.63) is 25.7 Å². The Morgan fingerprint density at radius 2 is 1.88 bits per heavy atom. The summed E-state index contributed by atoms with van der Waals surface area (Å²) in [6, 6.07) is 0. The summed E-state index contributed by atoms with van der Waals surface area (Å²) in [4.78, 5) is 25.5. The van der Waals surface area contributed by atoms with Crippen molar-refractivity contribution >= 4 is 21.6 Å². The largest absolute Gasteiger partial charge is 0.495 e. The van der Waals surface area contributed by atoms with Crippen LogP contribution in [0.4, 0.5) is 0 Å². The number of hydrogen-bond acceptors (Lipinski definition) is 4. The van der Waals surface area contributed by atoms with E-state index in [2.05, 4.69) is 0 Å². The Balaban J connectivity index is 3.10. The highest BCUT2D eigenvalue weighted by Gasteiger charge is 2.19. The van der Waals surface area contributed by atoms with Crippen LogP contribution in [0.5, 0.6) is 5.75 Å². The lowest BCUT2D eigenvalue weighted by atomic mass is 10.3. The minimum absolute atomic E-state index is 0.295. The van der Waals surface area contributed by atoms with E-state index >= 15 is 0 Å². The van der Waals surface area contributed by atoms with Crippen LogP contribution in [0.1, 0.15) is 11.8 Å². The maximum absolute atomic E-state index is 12.1. The molecule has 0 bridgehead atoms. The molecule has 0 spiro atoms. The molecule has 0 fully saturated rings. The van der Waals surface area contributed by atoms with Gasteiger partial charge in [0.2, 0.25) is 0 Å². The van der Waals surface area contributed by atoms with Gasteiger partial charge in [-0.1, -0.05) is 6.92 Å². The molecule has 2 rings (SSSR count). The molecule has 6 heteroatoms. The van der Waals surface area contributed by atoms with E-state index in [1.165, 1.54) is 23.0 Å². The lowest BCUT2D eigenvalue weighted by Gasteiger charge is -2.04. The van der Waals surface area contributed by atoms with E-state index in [4.69, 9.17) is 4.74 Å². The molecule has 2 aromatic rings. The third kappa shape index (κ3) is 1.51. The SMILES string of the molecule is CCc1sc2c(c1OC)c(=O)n(C)c(=O)n2C. The van der Waals surface area contributed by atoms with Crippen LogP contribution >= 0.6 is 11.3 Å². The molecule has 5 nitrogen and oxygen atoms in total. The smallest absolute Gasteiger partial charge is 0.331 e. The molecule has 0 unspecified atom stereocenters. The second-order valence-corrected chi connectivity index (χ2v) is 4.88. The molecule has 0 N–H and O–H groups in total. The Hall–Kier alpha value is -1.56. The van der Waals surface area contributed by atoms with Gasteiger partial charge in [0.25, 0.3) is 5.56 Å². The molecule has 2 aromatic heterocycles. The Morgan fingerprint density at radius 3 is 2.41 bits per heavy atom. The summed E-state index contributed by atoms with van der Waals surface area (Å²) >= 11 is 1.44. The molecule has 0 saturated carbocycles. The zero-order valence-electron chi connectivity index (χ0n) is 10.2. The Labute approximate surface area is 102 Å². The number of methoxy groups -OCH3 is 1. The van der Waals surface area contributed by atoms with E-state index in [0.717, 1.165) is 15.9 Å². The maximum Gasteiger partial charge on any atom is 0.331 e.